The predicted octanol–water partition coefficient (Wildman–Crippen LogP) is 5.76. The molecule has 0 aliphatic heterocycles. The van der Waals surface area contributed by atoms with Crippen LogP contribution in [0.25, 0.3) is 10.2 Å². The van der Waals surface area contributed by atoms with Crippen molar-refractivity contribution in [2.24, 2.45) is 0 Å². The van der Waals surface area contributed by atoms with E-state index in [1.54, 1.807) is 0 Å². The average molecular weight is 477 g/mol. The van der Waals surface area contributed by atoms with E-state index in [0.717, 1.165) is 20.0 Å². The van der Waals surface area contributed by atoms with Crippen LogP contribution in [0.3, 0.4) is 0 Å². The van der Waals surface area contributed by atoms with E-state index >= 15 is 0 Å². The molecule has 2 atom stereocenters. The van der Waals surface area contributed by atoms with E-state index in [2.05, 4.69) is 15.5 Å². The number of fused-ring (bicyclic) bond motifs is 1. The van der Waals surface area contributed by atoms with Crippen LogP contribution in [0.5, 0.6) is 0 Å². The number of carbonyl (C=O) groups is 2. The number of aromatic nitrogens is 2. The quantitative estimate of drug-likeness (QED) is 0.468. The lowest BCUT2D eigenvalue weighted by molar-refractivity contribution is 0.0503. The fourth-order valence-corrected chi connectivity index (χ4v) is 5.41. The van der Waals surface area contributed by atoms with Crippen molar-refractivity contribution in [3.05, 3.63) is 39.0 Å². The summed E-state index contributed by atoms with van der Waals surface area (Å²) in [6.07, 6.45) is -0.0194. The highest BCUT2D eigenvalue weighted by atomic mass is 32.1. The summed E-state index contributed by atoms with van der Waals surface area (Å²) in [5, 5.41) is 23.1. The number of carbonyl (C=O) groups excluding carboxylic acids is 1. The van der Waals surface area contributed by atoms with Crippen molar-refractivity contribution in [2.75, 3.05) is 4.90 Å². The molecule has 3 rings (SSSR count). The Labute approximate surface area is 195 Å². The summed E-state index contributed by atoms with van der Waals surface area (Å²) in [6.45, 7) is 11.6. The summed E-state index contributed by atoms with van der Waals surface area (Å²) in [6, 6.07) is 3.60. The first-order valence-electron chi connectivity index (χ1n) is 10.2. The number of amides is 2. The zero-order valence-electron chi connectivity index (χ0n) is 19.0. The predicted molar refractivity (Wildman–Crippen MR) is 128 cm³/mol. The number of nitrogens with zero attached hydrogens (tertiary/aromatic N) is 3. The molecule has 0 saturated heterocycles. The van der Waals surface area contributed by atoms with Crippen LogP contribution in [-0.4, -0.2) is 39.1 Å². The Bertz CT molecular complexity index is 1110. The van der Waals surface area contributed by atoms with Gasteiger partial charge < -0.3 is 15.2 Å². The Morgan fingerprint density at radius 1 is 1.31 bits per heavy atom. The van der Waals surface area contributed by atoms with Gasteiger partial charge in [-0.05, 0) is 51.6 Å². The van der Waals surface area contributed by atoms with Gasteiger partial charge in [0.05, 0.1) is 23.1 Å². The highest BCUT2D eigenvalue weighted by Crippen LogP contribution is 2.40. The second kappa shape index (κ2) is 9.41. The Hall–Kier alpha value is -2.72. The van der Waals surface area contributed by atoms with E-state index in [4.69, 9.17) is 4.74 Å². The van der Waals surface area contributed by atoms with Crippen LogP contribution in [0.1, 0.15) is 55.9 Å². The molecule has 8 nitrogen and oxygen atoms in total. The van der Waals surface area contributed by atoms with Gasteiger partial charge in [0, 0.05) is 21.7 Å². The average Bonchev–Trinajstić information content (AvgIpc) is 3.32. The van der Waals surface area contributed by atoms with Crippen molar-refractivity contribution in [2.45, 2.75) is 65.6 Å². The Morgan fingerprint density at radius 3 is 2.62 bits per heavy atom. The Kier molecular flexibility index (Phi) is 7.04. The number of ether oxygens (including phenoxy) is 1. The molecule has 1 unspecified atom stereocenters. The zero-order chi connectivity index (χ0) is 23.6. The van der Waals surface area contributed by atoms with Crippen molar-refractivity contribution >= 4 is 50.8 Å². The van der Waals surface area contributed by atoms with Gasteiger partial charge >= 0.3 is 12.2 Å². The molecule has 0 aromatic carbocycles. The van der Waals surface area contributed by atoms with Crippen LogP contribution >= 0.6 is 22.7 Å². The molecular weight excluding hydrogens is 448 g/mol. The van der Waals surface area contributed by atoms with Gasteiger partial charge in [0.15, 0.2) is 0 Å². The van der Waals surface area contributed by atoms with Gasteiger partial charge in [0.25, 0.3) is 0 Å². The number of aryl methyl sites for hydroxylation is 1. The van der Waals surface area contributed by atoms with Gasteiger partial charge in [-0.25, -0.2) is 9.59 Å². The first kappa shape index (κ1) is 23.9. The summed E-state index contributed by atoms with van der Waals surface area (Å²) in [7, 11) is 0. The maximum atomic E-state index is 12.2. The monoisotopic (exact) mass is 476 g/mol. The number of rotatable bonds is 6. The first-order valence-corrected chi connectivity index (χ1v) is 11.9. The van der Waals surface area contributed by atoms with E-state index in [1.807, 2.05) is 59.1 Å². The minimum absolute atomic E-state index is 0.0369. The van der Waals surface area contributed by atoms with Gasteiger partial charge in [0.2, 0.25) is 0 Å². The van der Waals surface area contributed by atoms with Gasteiger partial charge in [0.1, 0.15) is 11.1 Å². The van der Waals surface area contributed by atoms with Crippen molar-refractivity contribution in [3.8, 4) is 0 Å². The van der Waals surface area contributed by atoms with Crippen molar-refractivity contribution < 1.29 is 19.4 Å². The molecule has 2 N–H and O–H groups in total. The van der Waals surface area contributed by atoms with Crippen molar-refractivity contribution in [1.29, 1.82) is 0 Å². The van der Waals surface area contributed by atoms with Crippen LogP contribution in [-0.2, 0) is 11.3 Å². The smallest absolute Gasteiger partial charge is 0.412 e. The number of hydrogen-bond donors (Lipinski definition) is 2. The van der Waals surface area contributed by atoms with E-state index in [9.17, 15) is 14.7 Å². The molecule has 0 spiro atoms. The number of thiophene rings is 2. The molecular formula is C22H28N4O4S2. The standard InChI is InChI=1S/C22H28N4O4S2/c1-12(14(3)24-20(27)30-22(4,5)6)18-13(2)17-19(32-18)16(10-23-25-17)26(21(28)29)11-15-8-7-9-31-15/h7-10,12,14H,11H2,1-6H3,(H,24,27)(H,28,29)/t12?,14-/m0/s1. The highest BCUT2D eigenvalue weighted by molar-refractivity contribution is 7.20. The van der Waals surface area contributed by atoms with Crippen molar-refractivity contribution in [1.82, 2.24) is 15.5 Å². The van der Waals surface area contributed by atoms with Gasteiger partial charge in [-0.15, -0.1) is 27.8 Å². The molecule has 3 heterocycles. The van der Waals surface area contributed by atoms with Gasteiger partial charge in [-0.3, -0.25) is 4.90 Å². The summed E-state index contributed by atoms with van der Waals surface area (Å²) in [5.74, 6) is -0.0369. The maximum Gasteiger partial charge on any atom is 0.412 e. The van der Waals surface area contributed by atoms with E-state index in [0.29, 0.717) is 11.2 Å². The van der Waals surface area contributed by atoms with Crippen molar-refractivity contribution in [3.63, 3.8) is 0 Å². The van der Waals surface area contributed by atoms with Crippen LogP contribution in [0, 0.1) is 6.92 Å². The Balaban J connectivity index is 1.92. The molecule has 0 aliphatic rings. The fraction of sp³-hybridized carbons (Fsp3) is 0.455. The normalized spacial score (nSPS) is 13.6. The third kappa shape index (κ3) is 5.36. The zero-order valence-corrected chi connectivity index (χ0v) is 20.6. The first-order chi connectivity index (χ1) is 15.0. The largest absolute Gasteiger partial charge is 0.465 e. The summed E-state index contributed by atoms with van der Waals surface area (Å²) in [5.41, 5.74) is 1.55. The number of anilines is 1. The van der Waals surface area contributed by atoms with E-state index in [-0.39, 0.29) is 18.5 Å². The lowest BCUT2D eigenvalue weighted by Gasteiger charge is -2.24. The van der Waals surface area contributed by atoms with E-state index < -0.39 is 17.8 Å². The molecule has 0 saturated carbocycles. The molecule has 3 aromatic rings. The second-order valence-electron chi connectivity index (χ2n) is 8.67. The molecule has 0 radical (unpaired) electrons. The number of alkyl carbamates (subject to hydrolysis) is 1. The molecule has 2 amide bonds. The van der Waals surface area contributed by atoms with Crippen LogP contribution < -0.4 is 10.2 Å². The highest BCUT2D eigenvalue weighted by Gasteiger charge is 2.27. The topological polar surface area (TPSA) is 105 Å². The summed E-state index contributed by atoms with van der Waals surface area (Å²) >= 11 is 2.99. The Morgan fingerprint density at radius 2 is 2.03 bits per heavy atom. The van der Waals surface area contributed by atoms with Crippen LogP contribution in [0.4, 0.5) is 15.3 Å². The second-order valence-corrected chi connectivity index (χ2v) is 10.8. The van der Waals surface area contributed by atoms with Crippen LogP contribution in [0.2, 0.25) is 0 Å². The number of nitrogens with one attached hydrogen (secondary N) is 1. The lowest BCUT2D eigenvalue weighted by Crippen LogP contribution is -2.39. The number of carboxylic acid groups (broad SMARTS) is 1. The van der Waals surface area contributed by atoms with Crippen LogP contribution in [0.15, 0.2) is 23.7 Å². The SMILES string of the molecule is Cc1c(C(C)[C@H](C)NC(=O)OC(C)(C)C)sc2c(N(Cc3cccs3)C(=O)O)cnnc12. The third-order valence-electron chi connectivity index (χ3n) is 5.05. The molecule has 3 aromatic heterocycles. The molecule has 0 aliphatic carbocycles. The molecule has 10 heteroatoms. The summed E-state index contributed by atoms with van der Waals surface area (Å²) in [4.78, 5) is 27.5. The van der Waals surface area contributed by atoms with E-state index in [1.165, 1.54) is 33.8 Å². The lowest BCUT2D eigenvalue weighted by atomic mass is 9.99. The molecule has 0 bridgehead atoms. The molecule has 32 heavy (non-hydrogen) atoms. The molecule has 0 fully saturated rings. The van der Waals surface area contributed by atoms with Gasteiger partial charge in [-0.1, -0.05) is 13.0 Å². The van der Waals surface area contributed by atoms with Gasteiger partial charge in [-0.2, -0.15) is 5.10 Å². The number of hydrogen-bond acceptors (Lipinski definition) is 7. The molecule has 172 valence electrons. The fourth-order valence-electron chi connectivity index (χ4n) is 3.30. The minimum atomic E-state index is -1.05. The maximum absolute atomic E-state index is 12.2. The third-order valence-corrected chi connectivity index (χ3v) is 7.41. The summed E-state index contributed by atoms with van der Waals surface area (Å²) < 4.78 is 6.14. The minimum Gasteiger partial charge on any atom is -0.465 e.